The van der Waals surface area contributed by atoms with Crippen molar-refractivity contribution in [3.8, 4) is 11.3 Å². The SMILES string of the molecule is Cc1ccc(C(=O)NNC(=O)c2cn(Cc3ccccc3)nc2-c2ccccc2)cc1. The number of aromatic nitrogens is 2. The van der Waals surface area contributed by atoms with Crippen LogP contribution >= 0.6 is 0 Å². The van der Waals surface area contributed by atoms with Crippen molar-refractivity contribution < 1.29 is 9.59 Å². The minimum atomic E-state index is -0.432. The zero-order chi connectivity index (χ0) is 21.6. The van der Waals surface area contributed by atoms with Gasteiger partial charge in [-0.1, -0.05) is 78.4 Å². The summed E-state index contributed by atoms with van der Waals surface area (Å²) in [6.45, 7) is 2.48. The third kappa shape index (κ3) is 4.87. The van der Waals surface area contributed by atoms with Crippen molar-refractivity contribution in [3.63, 3.8) is 0 Å². The molecule has 0 spiro atoms. The highest BCUT2D eigenvalue weighted by Crippen LogP contribution is 2.22. The van der Waals surface area contributed by atoms with Crippen molar-refractivity contribution >= 4 is 11.8 Å². The molecule has 31 heavy (non-hydrogen) atoms. The molecular weight excluding hydrogens is 388 g/mol. The molecule has 0 radical (unpaired) electrons. The number of nitrogens with one attached hydrogen (secondary N) is 2. The number of rotatable bonds is 5. The lowest BCUT2D eigenvalue weighted by Crippen LogP contribution is -2.41. The Morgan fingerprint density at radius 2 is 1.42 bits per heavy atom. The summed E-state index contributed by atoms with van der Waals surface area (Å²) in [6.07, 6.45) is 1.70. The molecule has 6 nitrogen and oxygen atoms in total. The van der Waals surface area contributed by atoms with Gasteiger partial charge >= 0.3 is 0 Å². The summed E-state index contributed by atoms with van der Waals surface area (Å²) in [6, 6.07) is 26.5. The Kier molecular flexibility index (Phi) is 5.89. The first-order chi connectivity index (χ1) is 15.1. The van der Waals surface area contributed by atoms with Gasteiger partial charge in [-0.25, -0.2) is 0 Å². The van der Waals surface area contributed by atoms with E-state index in [0.717, 1.165) is 16.7 Å². The van der Waals surface area contributed by atoms with Gasteiger partial charge in [-0.15, -0.1) is 0 Å². The van der Waals surface area contributed by atoms with Crippen molar-refractivity contribution in [1.29, 1.82) is 0 Å². The van der Waals surface area contributed by atoms with Crippen LogP contribution in [0.15, 0.2) is 91.1 Å². The molecule has 2 amide bonds. The third-order valence-corrected chi connectivity index (χ3v) is 4.84. The summed E-state index contributed by atoms with van der Waals surface area (Å²) < 4.78 is 1.73. The maximum absolute atomic E-state index is 12.9. The molecule has 0 aliphatic rings. The monoisotopic (exact) mass is 410 g/mol. The van der Waals surface area contributed by atoms with Crippen molar-refractivity contribution in [2.24, 2.45) is 0 Å². The Bertz CT molecular complexity index is 1180. The van der Waals surface area contributed by atoms with E-state index in [1.54, 1.807) is 23.0 Å². The zero-order valence-electron chi connectivity index (χ0n) is 17.1. The van der Waals surface area contributed by atoms with Gasteiger partial charge in [0.2, 0.25) is 0 Å². The van der Waals surface area contributed by atoms with Gasteiger partial charge in [0.15, 0.2) is 0 Å². The first kappa shape index (κ1) is 20.1. The predicted octanol–water partition coefficient (Wildman–Crippen LogP) is 3.98. The van der Waals surface area contributed by atoms with Crippen LogP contribution in [0, 0.1) is 6.92 Å². The topological polar surface area (TPSA) is 76.0 Å². The molecular formula is C25H22N4O2. The standard InChI is InChI=1S/C25H22N4O2/c1-18-12-14-21(15-13-18)24(30)26-27-25(31)22-17-29(16-19-8-4-2-5-9-19)28-23(22)20-10-6-3-7-11-20/h2-15,17H,16H2,1H3,(H,26,30)(H,27,31). The number of carbonyl (C=O) groups excluding carboxylic acids is 2. The molecule has 4 aromatic rings. The molecule has 1 aromatic heterocycles. The second kappa shape index (κ2) is 9.09. The van der Waals surface area contributed by atoms with Crippen LogP contribution in [-0.2, 0) is 6.54 Å². The number of aryl methyl sites for hydroxylation is 1. The molecule has 6 heteroatoms. The molecule has 0 saturated heterocycles. The minimum Gasteiger partial charge on any atom is -0.267 e. The van der Waals surface area contributed by atoms with E-state index < -0.39 is 5.91 Å². The van der Waals surface area contributed by atoms with E-state index in [4.69, 9.17) is 0 Å². The highest BCUT2D eigenvalue weighted by atomic mass is 16.2. The van der Waals surface area contributed by atoms with Gasteiger partial charge in [-0.3, -0.25) is 25.1 Å². The number of benzene rings is 3. The molecule has 3 aromatic carbocycles. The van der Waals surface area contributed by atoms with Crippen LogP contribution < -0.4 is 10.9 Å². The summed E-state index contributed by atoms with van der Waals surface area (Å²) in [5.41, 5.74) is 9.34. The first-order valence-electron chi connectivity index (χ1n) is 9.94. The van der Waals surface area contributed by atoms with Crippen molar-refractivity contribution in [2.75, 3.05) is 0 Å². The Morgan fingerprint density at radius 1 is 0.806 bits per heavy atom. The fourth-order valence-electron chi connectivity index (χ4n) is 3.21. The number of hydrazine groups is 1. The number of nitrogens with zero attached hydrogens (tertiary/aromatic N) is 2. The molecule has 154 valence electrons. The van der Waals surface area contributed by atoms with E-state index in [0.29, 0.717) is 23.4 Å². The van der Waals surface area contributed by atoms with Crippen LogP contribution in [0.1, 0.15) is 31.8 Å². The van der Waals surface area contributed by atoms with E-state index in [1.165, 1.54) is 0 Å². The van der Waals surface area contributed by atoms with Crippen LogP contribution in [0.25, 0.3) is 11.3 Å². The molecule has 0 atom stereocenters. The van der Waals surface area contributed by atoms with Gasteiger partial charge in [0.25, 0.3) is 11.8 Å². The average Bonchev–Trinajstić information content (AvgIpc) is 3.23. The van der Waals surface area contributed by atoms with Crippen LogP contribution in [0.3, 0.4) is 0 Å². The van der Waals surface area contributed by atoms with Crippen molar-refractivity contribution in [1.82, 2.24) is 20.6 Å². The molecule has 0 aliphatic carbocycles. The summed E-state index contributed by atoms with van der Waals surface area (Å²) in [5.74, 6) is -0.815. The van der Waals surface area contributed by atoms with E-state index in [-0.39, 0.29) is 5.91 Å². The summed E-state index contributed by atoms with van der Waals surface area (Å²) in [4.78, 5) is 25.3. The van der Waals surface area contributed by atoms with Crippen molar-refractivity contribution in [3.05, 3.63) is 113 Å². The fourth-order valence-corrected chi connectivity index (χ4v) is 3.21. The number of amides is 2. The maximum atomic E-state index is 12.9. The van der Waals surface area contributed by atoms with Crippen LogP contribution in [0.4, 0.5) is 0 Å². The van der Waals surface area contributed by atoms with Gasteiger partial charge < -0.3 is 0 Å². The average molecular weight is 410 g/mol. The number of carbonyl (C=O) groups is 2. The Hall–Kier alpha value is -4.19. The maximum Gasteiger partial charge on any atom is 0.273 e. The van der Waals surface area contributed by atoms with Crippen molar-refractivity contribution in [2.45, 2.75) is 13.5 Å². The van der Waals surface area contributed by atoms with Gasteiger partial charge in [0.05, 0.1) is 12.1 Å². The third-order valence-electron chi connectivity index (χ3n) is 4.84. The highest BCUT2D eigenvalue weighted by Gasteiger charge is 2.19. The lowest BCUT2D eigenvalue weighted by atomic mass is 10.1. The molecule has 2 N–H and O–H groups in total. The second-order valence-corrected chi connectivity index (χ2v) is 7.21. The van der Waals surface area contributed by atoms with E-state index in [1.807, 2.05) is 79.7 Å². The van der Waals surface area contributed by atoms with E-state index in [9.17, 15) is 9.59 Å². The molecule has 0 unspecified atom stereocenters. The molecule has 0 bridgehead atoms. The van der Waals surface area contributed by atoms with Crippen LogP contribution in [0.2, 0.25) is 0 Å². The highest BCUT2D eigenvalue weighted by molar-refractivity contribution is 6.02. The minimum absolute atomic E-state index is 0.381. The lowest BCUT2D eigenvalue weighted by Gasteiger charge is -2.08. The first-order valence-corrected chi connectivity index (χ1v) is 9.94. The van der Waals surface area contributed by atoms with Gasteiger partial charge in [0, 0.05) is 17.3 Å². The molecule has 4 rings (SSSR count). The largest absolute Gasteiger partial charge is 0.273 e. The lowest BCUT2D eigenvalue weighted by molar-refractivity contribution is 0.0847. The van der Waals surface area contributed by atoms with Gasteiger partial charge in [0.1, 0.15) is 5.69 Å². The second-order valence-electron chi connectivity index (χ2n) is 7.21. The normalized spacial score (nSPS) is 10.5. The smallest absolute Gasteiger partial charge is 0.267 e. The van der Waals surface area contributed by atoms with Crippen LogP contribution in [0.5, 0.6) is 0 Å². The van der Waals surface area contributed by atoms with E-state index in [2.05, 4.69) is 16.0 Å². The fraction of sp³-hybridized carbons (Fsp3) is 0.0800. The summed E-state index contributed by atoms with van der Waals surface area (Å²) >= 11 is 0. The number of hydrogen-bond acceptors (Lipinski definition) is 3. The Labute approximate surface area is 180 Å². The zero-order valence-corrected chi connectivity index (χ0v) is 17.1. The van der Waals surface area contributed by atoms with Gasteiger partial charge in [-0.05, 0) is 24.6 Å². The van der Waals surface area contributed by atoms with Gasteiger partial charge in [-0.2, -0.15) is 5.10 Å². The van der Waals surface area contributed by atoms with E-state index >= 15 is 0 Å². The number of hydrogen-bond donors (Lipinski definition) is 2. The Balaban J connectivity index is 1.55. The quantitative estimate of drug-likeness (QED) is 0.489. The molecule has 1 heterocycles. The Morgan fingerprint density at radius 3 is 2.10 bits per heavy atom. The molecule has 0 fully saturated rings. The van der Waals surface area contributed by atoms with Crippen LogP contribution in [-0.4, -0.2) is 21.6 Å². The summed E-state index contributed by atoms with van der Waals surface area (Å²) in [5, 5.41) is 4.63. The molecule has 0 aliphatic heterocycles. The molecule has 0 saturated carbocycles. The summed E-state index contributed by atoms with van der Waals surface area (Å²) in [7, 11) is 0. The predicted molar refractivity (Wildman–Crippen MR) is 119 cm³/mol.